The Hall–Kier alpha value is -5.54. The Labute approximate surface area is 442 Å². The molecule has 428 valence electrons. The van der Waals surface area contributed by atoms with E-state index in [0.717, 1.165) is 74.6 Å². The van der Waals surface area contributed by atoms with Gasteiger partial charge in [-0.2, -0.15) is 0 Å². The molecule has 3 aliphatic rings. The summed E-state index contributed by atoms with van der Waals surface area (Å²) in [6.07, 6.45) is -9.95. The first-order valence-corrected chi connectivity index (χ1v) is 26.4. The minimum absolute atomic E-state index is 0.0813. The zero-order chi connectivity index (χ0) is 56.7. The Morgan fingerprint density at radius 1 is 0.724 bits per heavy atom. The van der Waals surface area contributed by atoms with E-state index in [9.17, 15) is 84.3 Å². The zero-order valence-electron chi connectivity index (χ0n) is 44.0. The van der Waals surface area contributed by atoms with Gasteiger partial charge in [-0.1, -0.05) is 84.8 Å². The Morgan fingerprint density at radius 2 is 1.32 bits per heavy atom. The molecule has 17 atom stereocenters. The topological polar surface area (TPSA) is 411 Å². The van der Waals surface area contributed by atoms with E-state index in [-0.39, 0.29) is 17.7 Å². The summed E-state index contributed by atoms with van der Waals surface area (Å²) in [5.74, 6) is -9.52. The number of rotatable bonds is 20. The third-order valence-electron chi connectivity index (χ3n) is 14.7. The minimum Gasteiger partial charge on any atom is -0.508 e. The smallest absolute Gasteiger partial charge is 0.248 e. The molecule has 1 aromatic rings. The maximum atomic E-state index is 14.5. The number of hydrogen-bond donors (Lipinski definition) is 15. The maximum absolute atomic E-state index is 14.5. The van der Waals surface area contributed by atoms with E-state index in [1.165, 1.54) is 13.3 Å². The van der Waals surface area contributed by atoms with Crippen LogP contribution in [0.4, 0.5) is 0 Å². The lowest BCUT2D eigenvalue weighted by Gasteiger charge is -2.34. The molecular weight excluding hydrogens is 997 g/mol. The molecule has 0 saturated carbocycles. The first-order chi connectivity index (χ1) is 35.7. The van der Waals surface area contributed by atoms with Crippen molar-refractivity contribution in [2.75, 3.05) is 13.1 Å². The number of benzene rings is 1. The van der Waals surface area contributed by atoms with Gasteiger partial charge < -0.3 is 88.1 Å². The van der Waals surface area contributed by atoms with Gasteiger partial charge in [0.05, 0.1) is 30.8 Å². The third-order valence-corrected chi connectivity index (χ3v) is 14.7. The van der Waals surface area contributed by atoms with Crippen LogP contribution in [0.25, 0.3) is 0 Å². The lowest BCUT2D eigenvalue weighted by atomic mass is 9.91. The van der Waals surface area contributed by atoms with Crippen LogP contribution in [0, 0.1) is 17.8 Å². The number of aliphatic hydroxyl groups is 8. The molecule has 16 N–H and O–H groups in total. The quantitative estimate of drug-likeness (QED) is 0.0575. The molecule has 25 nitrogen and oxygen atoms in total. The highest BCUT2D eigenvalue weighted by Gasteiger charge is 2.50. The van der Waals surface area contributed by atoms with Gasteiger partial charge in [-0.15, -0.1) is 0 Å². The number of nitrogens with one attached hydrogen (secondary N) is 5. The monoisotopic (exact) mass is 1080 g/mol. The average Bonchev–Trinajstić information content (AvgIpc) is 3.90. The van der Waals surface area contributed by atoms with Crippen molar-refractivity contribution in [3.63, 3.8) is 0 Å². The van der Waals surface area contributed by atoms with Crippen LogP contribution >= 0.6 is 0 Å². The van der Waals surface area contributed by atoms with Crippen LogP contribution in [-0.4, -0.2) is 195 Å². The van der Waals surface area contributed by atoms with Crippen molar-refractivity contribution in [2.24, 2.45) is 23.5 Å². The lowest BCUT2D eigenvalue weighted by molar-refractivity contribution is -0.149. The van der Waals surface area contributed by atoms with Crippen molar-refractivity contribution in [2.45, 2.75) is 203 Å². The summed E-state index contributed by atoms with van der Waals surface area (Å²) in [6.45, 7) is 8.17. The molecular formula is C51H82N8O17. The standard InChI is InChI=1S/C51H82N8O17/c1-6-25(2)19-26(3)13-11-9-7-8-10-12-14-37(66)53-32-21-35(64)47(72)57-49(74)41-42(67)27(4)23-59(41)51(76)39(34(63)22-36(52)65)55-48(73)40(44(69)43(68)29-15-17-30(61)18-16-29)56-46(71)33-20-31(62)24-58(33)50(75)38(28(5)60)54-45(32)70/h15-18,25-28,31-35,38-44,47,60-64,67-69,72H,6-14,19-24H2,1-5H3,(H2,52,65)(H,53,66)(H,54,70)(H,55,73)(H,56,71)(H,57,74)/t25-,26+,27-,28-,31+,32+,33+,34+,35+,38+,39-,40+,41+,42-,43+,44-,47-/m0/s1. The molecule has 1 aromatic carbocycles. The number of unbranched alkanes of at least 4 members (excludes halogenated alkanes) is 5. The summed E-state index contributed by atoms with van der Waals surface area (Å²) in [7, 11) is 0. The average molecular weight is 1080 g/mol. The van der Waals surface area contributed by atoms with E-state index in [0.29, 0.717) is 29.6 Å². The molecule has 4 rings (SSSR count). The Bertz CT molecular complexity index is 2140. The van der Waals surface area contributed by atoms with Gasteiger partial charge in [0.15, 0.2) is 6.23 Å². The second-order valence-corrected chi connectivity index (χ2v) is 21.2. The van der Waals surface area contributed by atoms with Gasteiger partial charge in [0.1, 0.15) is 60.3 Å². The molecule has 0 aromatic heterocycles. The fraction of sp³-hybridized carbons (Fsp3) is 0.725. The summed E-state index contributed by atoms with van der Waals surface area (Å²) in [6, 6.07) is -7.42. The number of amides is 8. The van der Waals surface area contributed by atoms with Gasteiger partial charge >= 0.3 is 0 Å². The van der Waals surface area contributed by atoms with E-state index >= 15 is 0 Å². The molecule has 0 spiro atoms. The van der Waals surface area contributed by atoms with Crippen molar-refractivity contribution in [1.29, 1.82) is 0 Å². The van der Waals surface area contributed by atoms with Crippen LogP contribution in [0.3, 0.4) is 0 Å². The zero-order valence-corrected chi connectivity index (χ0v) is 44.0. The Kier molecular flexibility index (Phi) is 24.3. The number of fused-ring (bicyclic) bond motifs is 2. The van der Waals surface area contributed by atoms with E-state index in [1.807, 2.05) is 0 Å². The predicted molar refractivity (Wildman–Crippen MR) is 270 cm³/mol. The van der Waals surface area contributed by atoms with Crippen molar-refractivity contribution < 1.29 is 84.3 Å². The summed E-state index contributed by atoms with van der Waals surface area (Å²) >= 11 is 0. The first-order valence-electron chi connectivity index (χ1n) is 26.4. The molecule has 0 aliphatic carbocycles. The van der Waals surface area contributed by atoms with Gasteiger partial charge in [-0.05, 0) is 49.3 Å². The molecule has 3 fully saturated rings. The van der Waals surface area contributed by atoms with Gasteiger partial charge in [0, 0.05) is 38.3 Å². The van der Waals surface area contributed by atoms with Crippen LogP contribution in [0.1, 0.15) is 130 Å². The summed E-state index contributed by atoms with van der Waals surface area (Å²) in [4.78, 5) is 113. The second kappa shape index (κ2) is 29.3. The summed E-state index contributed by atoms with van der Waals surface area (Å²) < 4.78 is 0. The SMILES string of the molecule is CC[C@H](C)C[C@H](C)CCCCCCCCC(=O)N[C@@H]1C[C@@H](O)[C@H](O)NC(=O)[C@H]2[C@@H](O)[C@@H](C)CN2C(=O)[C@H]([C@H](O)CC(N)=O)NC(=O)[C@@H]([C@H](O)[C@H](O)c2ccc(O)cc2)NC(=O)[C@H]2C[C@@H](O)CN2C(=O)[C@@H]([C@H](C)O)NC1=O. The molecule has 3 saturated heterocycles. The highest BCUT2D eigenvalue weighted by atomic mass is 16.3. The van der Waals surface area contributed by atoms with Crippen molar-refractivity contribution in [3.05, 3.63) is 29.8 Å². The Morgan fingerprint density at radius 3 is 1.93 bits per heavy atom. The number of primary amides is 1. The maximum Gasteiger partial charge on any atom is 0.248 e. The van der Waals surface area contributed by atoms with Crippen molar-refractivity contribution in [3.8, 4) is 5.75 Å². The fourth-order valence-corrected chi connectivity index (χ4v) is 10.0. The molecule has 3 aliphatic heterocycles. The van der Waals surface area contributed by atoms with E-state index in [2.05, 4.69) is 47.4 Å². The minimum atomic E-state index is -2.37. The number of carbonyl (C=O) groups is 8. The fourth-order valence-electron chi connectivity index (χ4n) is 10.0. The number of phenolic OH excluding ortho intramolecular Hbond substituents is 1. The van der Waals surface area contributed by atoms with Crippen LogP contribution in [-0.2, 0) is 38.4 Å². The normalized spacial score (nSPS) is 29.8. The second-order valence-electron chi connectivity index (χ2n) is 21.2. The number of hydrogen-bond acceptors (Lipinski definition) is 17. The molecule has 0 radical (unpaired) electrons. The van der Waals surface area contributed by atoms with E-state index < -0.39 is 171 Å². The van der Waals surface area contributed by atoms with Gasteiger partial charge in [0.2, 0.25) is 47.3 Å². The highest BCUT2D eigenvalue weighted by Crippen LogP contribution is 2.28. The Balaban J connectivity index is 1.71. The first kappa shape index (κ1) is 63.0. The number of phenols is 1. The van der Waals surface area contributed by atoms with Crippen molar-refractivity contribution in [1.82, 2.24) is 36.4 Å². The van der Waals surface area contributed by atoms with E-state index in [4.69, 9.17) is 5.73 Å². The number of carbonyl (C=O) groups excluding carboxylic acids is 8. The molecule has 0 unspecified atom stereocenters. The number of aliphatic hydroxyl groups excluding tert-OH is 8. The van der Waals surface area contributed by atoms with Gasteiger partial charge in [-0.25, -0.2) is 0 Å². The highest BCUT2D eigenvalue weighted by molar-refractivity contribution is 5.98. The number of aromatic hydroxyl groups is 1. The number of nitrogens with two attached hydrogens (primary N) is 1. The van der Waals surface area contributed by atoms with Crippen LogP contribution in [0.5, 0.6) is 5.75 Å². The summed E-state index contributed by atoms with van der Waals surface area (Å²) in [5.41, 5.74) is 5.23. The lowest BCUT2D eigenvalue weighted by Crippen LogP contribution is -2.64. The van der Waals surface area contributed by atoms with Crippen molar-refractivity contribution >= 4 is 47.3 Å². The largest absolute Gasteiger partial charge is 0.508 e. The number of nitrogens with zero attached hydrogens (tertiary/aromatic N) is 2. The molecule has 76 heavy (non-hydrogen) atoms. The van der Waals surface area contributed by atoms with Gasteiger partial charge in [-0.3, -0.25) is 38.4 Å². The molecule has 25 heteroatoms. The molecule has 0 bridgehead atoms. The summed E-state index contributed by atoms with van der Waals surface area (Å²) in [5, 5.41) is 111. The molecule has 3 heterocycles. The van der Waals surface area contributed by atoms with Crippen LogP contribution in [0.15, 0.2) is 24.3 Å². The van der Waals surface area contributed by atoms with Gasteiger partial charge in [0.25, 0.3) is 0 Å². The third kappa shape index (κ3) is 17.5. The molecule has 8 amide bonds. The van der Waals surface area contributed by atoms with Crippen LogP contribution < -0.4 is 32.3 Å². The van der Waals surface area contributed by atoms with E-state index in [1.54, 1.807) is 0 Å². The van der Waals surface area contributed by atoms with Crippen LogP contribution in [0.2, 0.25) is 0 Å². The predicted octanol–water partition coefficient (Wildman–Crippen LogP) is -3.10.